The van der Waals surface area contributed by atoms with Gasteiger partial charge in [-0.05, 0) is 30.8 Å². The van der Waals surface area contributed by atoms with E-state index in [9.17, 15) is 4.79 Å². The molecule has 0 bridgehead atoms. The molecule has 0 aromatic heterocycles. The minimum atomic E-state index is 0.163. The van der Waals surface area contributed by atoms with Crippen LogP contribution in [-0.4, -0.2) is 5.78 Å². The van der Waals surface area contributed by atoms with Gasteiger partial charge in [0.15, 0.2) is 5.78 Å². The summed E-state index contributed by atoms with van der Waals surface area (Å²) in [5.41, 5.74) is 1.41. The molecule has 0 fully saturated rings. The van der Waals surface area contributed by atoms with Crippen LogP contribution in [0, 0.1) is 17.3 Å². The molecule has 0 aliphatic heterocycles. The number of allylic oxidation sites excluding steroid dienone is 2. The van der Waals surface area contributed by atoms with E-state index < -0.39 is 0 Å². The number of hydrogen-bond acceptors (Lipinski definition) is 1. The quantitative estimate of drug-likeness (QED) is 0.605. The Morgan fingerprint density at radius 1 is 1.38 bits per heavy atom. The van der Waals surface area contributed by atoms with Crippen molar-refractivity contribution in [1.29, 1.82) is 0 Å². The SMILES string of the molecule is CCC1(C)C(C)C(=O)C=C(C)C1C. The normalized spacial score (nSPS) is 40.4. The first-order chi connectivity index (χ1) is 5.93. The first-order valence-corrected chi connectivity index (χ1v) is 5.15. The Hall–Kier alpha value is -0.590. The Morgan fingerprint density at radius 2 is 1.92 bits per heavy atom. The molecule has 1 aliphatic carbocycles. The van der Waals surface area contributed by atoms with Gasteiger partial charge in [0.25, 0.3) is 0 Å². The third-order valence-electron chi connectivity index (χ3n) is 4.22. The average Bonchev–Trinajstić information content (AvgIpc) is 2.12. The summed E-state index contributed by atoms with van der Waals surface area (Å²) in [7, 11) is 0. The van der Waals surface area contributed by atoms with E-state index >= 15 is 0 Å². The van der Waals surface area contributed by atoms with E-state index in [1.54, 1.807) is 0 Å². The topological polar surface area (TPSA) is 17.1 Å². The predicted molar refractivity (Wildman–Crippen MR) is 55.5 cm³/mol. The largest absolute Gasteiger partial charge is 0.295 e. The van der Waals surface area contributed by atoms with Crippen LogP contribution in [0.3, 0.4) is 0 Å². The summed E-state index contributed by atoms with van der Waals surface area (Å²) in [5, 5.41) is 0. The lowest BCUT2D eigenvalue weighted by Gasteiger charge is -2.43. The number of carbonyl (C=O) groups excluding carboxylic acids is 1. The van der Waals surface area contributed by atoms with Crippen LogP contribution < -0.4 is 0 Å². The van der Waals surface area contributed by atoms with Gasteiger partial charge in [0.2, 0.25) is 0 Å². The van der Waals surface area contributed by atoms with Crippen LogP contribution in [0.4, 0.5) is 0 Å². The molecule has 3 unspecified atom stereocenters. The van der Waals surface area contributed by atoms with Crippen LogP contribution in [0.15, 0.2) is 11.6 Å². The van der Waals surface area contributed by atoms with Gasteiger partial charge in [-0.2, -0.15) is 0 Å². The van der Waals surface area contributed by atoms with Crippen molar-refractivity contribution >= 4 is 5.78 Å². The van der Waals surface area contributed by atoms with Crippen LogP contribution >= 0.6 is 0 Å². The van der Waals surface area contributed by atoms with Gasteiger partial charge in [-0.15, -0.1) is 0 Å². The Balaban J connectivity index is 3.11. The number of carbonyl (C=O) groups is 1. The fourth-order valence-electron chi connectivity index (χ4n) is 2.31. The molecule has 0 N–H and O–H groups in total. The number of rotatable bonds is 1. The molecule has 0 amide bonds. The van der Waals surface area contributed by atoms with Crippen molar-refractivity contribution in [2.75, 3.05) is 0 Å². The minimum absolute atomic E-state index is 0.163. The Kier molecular flexibility index (Phi) is 2.65. The second-order valence-corrected chi connectivity index (χ2v) is 4.59. The summed E-state index contributed by atoms with van der Waals surface area (Å²) in [4.78, 5) is 11.6. The zero-order chi connectivity index (χ0) is 10.2. The lowest BCUT2D eigenvalue weighted by Crippen LogP contribution is -2.40. The van der Waals surface area contributed by atoms with E-state index in [2.05, 4.69) is 34.6 Å². The summed E-state index contributed by atoms with van der Waals surface area (Å²) in [6.07, 6.45) is 2.90. The van der Waals surface area contributed by atoms with E-state index in [1.807, 2.05) is 6.08 Å². The summed E-state index contributed by atoms with van der Waals surface area (Å²) in [6, 6.07) is 0. The van der Waals surface area contributed by atoms with Crippen molar-refractivity contribution in [2.45, 2.75) is 41.0 Å². The highest BCUT2D eigenvalue weighted by atomic mass is 16.1. The van der Waals surface area contributed by atoms with Crippen LogP contribution in [0.1, 0.15) is 41.0 Å². The van der Waals surface area contributed by atoms with Gasteiger partial charge in [-0.1, -0.05) is 33.3 Å². The van der Waals surface area contributed by atoms with Crippen molar-refractivity contribution in [3.63, 3.8) is 0 Å². The smallest absolute Gasteiger partial charge is 0.159 e. The Morgan fingerprint density at radius 3 is 2.38 bits per heavy atom. The molecule has 0 aromatic rings. The molecule has 1 rings (SSSR count). The highest BCUT2D eigenvalue weighted by molar-refractivity contribution is 5.93. The molecule has 0 heterocycles. The van der Waals surface area contributed by atoms with Gasteiger partial charge in [0.1, 0.15) is 0 Å². The highest BCUT2D eigenvalue weighted by Crippen LogP contribution is 2.45. The van der Waals surface area contributed by atoms with Gasteiger partial charge < -0.3 is 0 Å². The van der Waals surface area contributed by atoms with Crippen molar-refractivity contribution in [3.8, 4) is 0 Å². The van der Waals surface area contributed by atoms with E-state index in [-0.39, 0.29) is 11.3 Å². The molecule has 0 spiro atoms. The molecule has 0 radical (unpaired) electrons. The van der Waals surface area contributed by atoms with Gasteiger partial charge in [-0.3, -0.25) is 4.79 Å². The van der Waals surface area contributed by atoms with Crippen molar-refractivity contribution in [2.24, 2.45) is 17.3 Å². The van der Waals surface area contributed by atoms with Crippen LogP contribution in [-0.2, 0) is 4.79 Å². The maximum atomic E-state index is 11.6. The zero-order valence-corrected chi connectivity index (χ0v) is 9.35. The number of hydrogen-bond donors (Lipinski definition) is 0. The molecule has 13 heavy (non-hydrogen) atoms. The molecule has 0 saturated carbocycles. The predicted octanol–water partition coefficient (Wildman–Crippen LogP) is 3.20. The Bertz CT molecular complexity index is 252. The summed E-state index contributed by atoms with van der Waals surface area (Å²) < 4.78 is 0. The molecule has 1 aliphatic rings. The minimum Gasteiger partial charge on any atom is -0.295 e. The maximum Gasteiger partial charge on any atom is 0.159 e. The molecular formula is C12H20O. The summed E-state index contributed by atoms with van der Waals surface area (Å²) in [6.45, 7) is 10.8. The second kappa shape index (κ2) is 3.28. The second-order valence-electron chi connectivity index (χ2n) is 4.59. The molecule has 1 heteroatoms. The first kappa shape index (κ1) is 10.5. The molecule has 74 valence electrons. The van der Waals surface area contributed by atoms with Gasteiger partial charge in [0.05, 0.1) is 0 Å². The number of ketones is 1. The summed E-state index contributed by atoms with van der Waals surface area (Å²) in [5.74, 6) is 1.02. The Labute approximate surface area is 81.2 Å². The van der Waals surface area contributed by atoms with Crippen molar-refractivity contribution in [3.05, 3.63) is 11.6 Å². The monoisotopic (exact) mass is 180 g/mol. The third-order valence-corrected chi connectivity index (χ3v) is 4.22. The van der Waals surface area contributed by atoms with E-state index in [0.717, 1.165) is 6.42 Å². The molecule has 3 atom stereocenters. The van der Waals surface area contributed by atoms with E-state index in [4.69, 9.17) is 0 Å². The fourth-order valence-corrected chi connectivity index (χ4v) is 2.31. The first-order valence-electron chi connectivity index (χ1n) is 5.15. The van der Waals surface area contributed by atoms with Crippen LogP contribution in [0.2, 0.25) is 0 Å². The maximum absolute atomic E-state index is 11.6. The van der Waals surface area contributed by atoms with E-state index in [0.29, 0.717) is 11.7 Å². The van der Waals surface area contributed by atoms with E-state index in [1.165, 1.54) is 5.57 Å². The third kappa shape index (κ3) is 1.45. The summed E-state index contributed by atoms with van der Waals surface area (Å²) >= 11 is 0. The molecule has 0 aromatic carbocycles. The fraction of sp³-hybridized carbons (Fsp3) is 0.750. The van der Waals surface area contributed by atoms with Gasteiger partial charge in [-0.25, -0.2) is 0 Å². The molecule has 1 nitrogen and oxygen atoms in total. The lowest BCUT2D eigenvalue weighted by molar-refractivity contribution is -0.123. The van der Waals surface area contributed by atoms with Crippen molar-refractivity contribution in [1.82, 2.24) is 0 Å². The molecular weight excluding hydrogens is 160 g/mol. The molecule has 0 saturated heterocycles. The average molecular weight is 180 g/mol. The van der Waals surface area contributed by atoms with Gasteiger partial charge >= 0.3 is 0 Å². The lowest BCUT2D eigenvalue weighted by atomic mass is 9.61. The van der Waals surface area contributed by atoms with Crippen LogP contribution in [0.25, 0.3) is 0 Å². The van der Waals surface area contributed by atoms with Crippen LogP contribution in [0.5, 0.6) is 0 Å². The van der Waals surface area contributed by atoms with Gasteiger partial charge in [0, 0.05) is 5.92 Å². The zero-order valence-electron chi connectivity index (χ0n) is 9.35. The van der Waals surface area contributed by atoms with Crippen molar-refractivity contribution < 1.29 is 4.79 Å². The standard InChI is InChI=1S/C12H20O/c1-6-12(5)9(3)8(2)7-11(13)10(12)4/h7,9-10H,6H2,1-5H3. The highest BCUT2D eigenvalue weighted by Gasteiger charge is 2.41.